The number of methoxy groups -OCH3 is 1. The van der Waals surface area contributed by atoms with Gasteiger partial charge in [-0.3, -0.25) is 4.79 Å². The summed E-state index contributed by atoms with van der Waals surface area (Å²) in [4.78, 5) is 14.1. The molecule has 0 aliphatic carbocycles. The molecule has 1 saturated heterocycles. The van der Waals surface area contributed by atoms with Gasteiger partial charge < -0.3 is 9.64 Å². The molecule has 20 heavy (non-hydrogen) atoms. The number of ether oxygens (including phenoxy) is 1. The maximum atomic E-state index is 12.2. The third-order valence-corrected chi connectivity index (χ3v) is 3.95. The summed E-state index contributed by atoms with van der Waals surface area (Å²) in [5.41, 5.74) is 1.64. The van der Waals surface area contributed by atoms with Crippen LogP contribution in [0.3, 0.4) is 0 Å². The molecule has 2 aliphatic rings. The van der Waals surface area contributed by atoms with Crippen molar-refractivity contribution in [3.8, 4) is 11.4 Å². The molecule has 1 aromatic heterocycles. The first-order chi connectivity index (χ1) is 9.78. The first kappa shape index (κ1) is 11.4. The van der Waals surface area contributed by atoms with Crippen LogP contribution in [-0.2, 0) is 11.2 Å². The average molecular weight is 271 g/mol. The van der Waals surface area contributed by atoms with Crippen molar-refractivity contribution < 1.29 is 9.53 Å². The molecule has 0 saturated carbocycles. The molecular formula is C13H13N5O2. The van der Waals surface area contributed by atoms with Crippen LogP contribution < -0.4 is 9.64 Å². The second kappa shape index (κ2) is 4.03. The van der Waals surface area contributed by atoms with E-state index in [0.717, 1.165) is 29.4 Å². The number of nitrogens with zero attached hydrogens (tertiary/aromatic N) is 5. The maximum absolute atomic E-state index is 12.2. The van der Waals surface area contributed by atoms with Crippen LogP contribution in [0.25, 0.3) is 5.69 Å². The first-order valence-corrected chi connectivity index (χ1v) is 6.55. The van der Waals surface area contributed by atoms with Gasteiger partial charge in [-0.05, 0) is 29.0 Å². The van der Waals surface area contributed by atoms with Crippen LogP contribution in [0, 0.1) is 0 Å². The monoisotopic (exact) mass is 271 g/mol. The topological polar surface area (TPSA) is 73.1 Å². The molecule has 0 unspecified atom stereocenters. The number of amides is 1. The number of anilines is 1. The fourth-order valence-corrected chi connectivity index (χ4v) is 3.00. The number of benzene rings is 1. The van der Waals surface area contributed by atoms with Crippen molar-refractivity contribution in [3.63, 3.8) is 0 Å². The smallest absolute Gasteiger partial charge is 0.227 e. The van der Waals surface area contributed by atoms with E-state index in [1.54, 1.807) is 11.8 Å². The second-order valence-corrected chi connectivity index (χ2v) is 5.02. The summed E-state index contributed by atoms with van der Waals surface area (Å²) in [7, 11) is 1.62. The van der Waals surface area contributed by atoms with Gasteiger partial charge in [-0.1, -0.05) is 0 Å². The molecule has 4 rings (SSSR count). The fourth-order valence-electron chi connectivity index (χ4n) is 3.00. The van der Waals surface area contributed by atoms with Crippen molar-refractivity contribution in [2.75, 3.05) is 12.0 Å². The number of aromatic nitrogens is 4. The predicted octanol–water partition coefficient (Wildman–Crippen LogP) is 0.722. The minimum absolute atomic E-state index is 0.126. The van der Waals surface area contributed by atoms with Gasteiger partial charge in [0, 0.05) is 24.9 Å². The molecule has 7 nitrogen and oxygen atoms in total. The van der Waals surface area contributed by atoms with E-state index in [0.29, 0.717) is 12.8 Å². The van der Waals surface area contributed by atoms with Crippen LogP contribution in [0.4, 0.5) is 5.69 Å². The molecule has 0 radical (unpaired) electrons. The van der Waals surface area contributed by atoms with Gasteiger partial charge in [0.25, 0.3) is 0 Å². The third-order valence-electron chi connectivity index (χ3n) is 3.95. The van der Waals surface area contributed by atoms with Gasteiger partial charge in [0.2, 0.25) is 5.91 Å². The van der Waals surface area contributed by atoms with Crippen molar-refractivity contribution in [1.29, 1.82) is 0 Å². The molecule has 1 fully saturated rings. The Morgan fingerprint density at radius 2 is 2.25 bits per heavy atom. The van der Waals surface area contributed by atoms with Gasteiger partial charge in [0.15, 0.2) is 5.82 Å². The summed E-state index contributed by atoms with van der Waals surface area (Å²) in [6.07, 6.45) is 2.08. The van der Waals surface area contributed by atoms with Crippen LogP contribution in [-0.4, -0.2) is 39.3 Å². The third kappa shape index (κ3) is 1.46. The largest absolute Gasteiger partial charge is 0.497 e. The van der Waals surface area contributed by atoms with Crippen LogP contribution in [0.15, 0.2) is 18.2 Å². The number of hydrogen-bond acceptors (Lipinski definition) is 5. The lowest BCUT2D eigenvalue weighted by Gasteiger charge is -2.23. The minimum atomic E-state index is 0.126. The summed E-state index contributed by atoms with van der Waals surface area (Å²) in [5, 5.41) is 11.9. The highest BCUT2D eigenvalue weighted by atomic mass is 16.5. The molecule has 1 aromatic carbocycles. The molecule has 102 valence electrons. The van der Waals surface area contributed by atoms with Crippen molar-refractivity contribution in [2.24, 2.45) is 0 Å². The van der Waals surface area contributed by atoms with E-state index in [9.17, 15) is 4.79 Å². The van der Waals surface area contributed by atoms with Crippen LogP contribution >= 0.6 is 0 Å². The lowest BCUT2D eigenvalue weighted by atomic mass is 10.1. The van der Waals surface area contributed by atoms with E-state index < -0.39 is 0 Å². The molecular weight excluding hydrogens is 258 g/mol. The van der Waals surface area contributed by atoms with E-state index in [2.05, 4.69) is 15.5 Å². The minimum Gasteiger partial charge on any atom is -0.497 e. The van der Waals surface area contributed by atoms with Gasteiger partial charge >= 0.3 is 0 Å². The Hall–Kier alpha value is -2.44. The SMILES string of the molecule is COc1ccc2c(c1)N1C(=O)CC[C@H]1Cc1nnnn1-2. The van der Waals surface area contributed by atoms with E-state index in [1.807, 2.05) is 23.1 Å². The molecule has 1 atom stereocenters. The number of fused-ring (bicyclic) bond motifs is 5. The van der Waals surface area contributed by atoms with E-state index in [1.165, 1.54) is 0 Å². The van der Waals surface area contributed by atoms with Gasteiger partial charge in [0.1, 0.15) is 5.75 Å². The van der Waals surface area contributed by atoms with Gasteiger partial charge in [-0.25, -0.2) is 0 Å². The summed E-state index contributed by atoms with van der Waals surface area (Å²) in [6.45, 7) is 0. The summed E-state index contributed by atoms with van der Waals surface area (Å²) < 4.78 is 6.98. The normalized spacial score (nSPS) is 20.1. The molecule has 2 aliphatic heterocycles. The van der Waals surface area contributed by atoms with Crippen molar-refractivity contribution in [2.45, 2.75) is 25.3 Å². The Morgan fingerprint density at radius 1 is 1.35 bits per heavy atom. The van der Waals surface area contributed by atoms with Gasteiger partial charge in [-0.15, -0.1) is 5.10 Å². The van der Waals surface area contributed by atoms with Crippen LogP contribution in [0.2, 0.25) is 0 Å². The Labute approximate surface area is 115 Å². The Kier molecular flexibility index (Phi) is 2.29. The summed E-state index contributed by atoms with van der Waals surface area (Å²) >= 11 is 0. The standard InChI is InChI=1S/C13H13N5O2/c1-20-9-3-4-10-11(7-9)17-8(2-5-13(17)19)6-12-14-15-16-18(10)12/h3-4,7-8H,2,5-6H2,1H3/t8-/m0/s1. The van der Waals surface area contributed by atoms with E-state index >= 15 is 0 Å². The maximum Gasteiger partial charge on any atom is 0.227 e. The number of tetrazole rings is 1. The second-order valence-electron chi connectivity index (χ2n) is 5.02. The fraction of sp³-hybridized carbons (Fsp3) is 0.385. The van der Waals surface area contributed by atoms with Gasteiger partial charge in [0.05, 0.1) is 18.5 Å². The summed E-state index contributed by atoms with van der Waals surface area (Å²) in [6, 6.07) is 5.75. The van der Waals surface area contributed by atoms with Crippen LogP contribution in [0.1, 0.15) is 18.7 Å². The molecule has 3 heterocycles. The molecule has 2 aromatic rings. The highest BCUT2D eigenvalue weighted by Gasteiger charge is 2.37. The lowest BCUT2D eigenvalue weighted by Crippen LogP contribution is -2.33. The van der Waals surface area contributed by atoms with Gasteiger partial charge in [-0.2, -0.15) is 4.68 Å². The molecule has 0 spiro atoms. The Balaban J connectivity index is 1.98. The Bertz CT molecular complexity index is 696. The van der Waals surface area contributed by atoms with E-state index in [4.69, 9.17) is 4.74 Å². The molecule has 0 N–H and O–H groups in total. The highest BCUT2D eigenvalue weighted by molar-refractivity contribution is 5.98. The highest BCUT2D eigenvalue weighted by Crippen LogP contribution is 2.37. The number of hydrogen-bond donors (Lipinski definition) is 0. The van der Waals surface area contributed by atoms with Crippen molar-refractivity contribution >= 4 is 11.6 Å². The predicted molar refractivity (Wildman–Crippen MR) is 69.9 cm³/mol. The molecule has 1 amide bonds. The number of carbonyl (C=O) groups is 1. The zero-order valence-electron chi connectivity index (χ0n) is 11.0. The zero-order chi connectivity index (χ0) is 13.7. The zero-order valence-corrected chi connectivity index (χ0v) is 11.0. The lowest BCUT2D eigenvalue weighted by molar-refractivity contribution is -0.117. The quantitative estimate of drug-likeness (QED) is 0.764. The Morgan fingerprint density at radius 3 is 3.10 bits per heavy atom. The number of carbonyl (C=O) groups excluding carboxylic acids is 1. The average Bonchev–Trinajstić information content (AvgIpc) is 3.03. The first-order valence-electron chi connectivity index (χ1n) is 6.55. The molecule has 0 bridgehead atoms. The van der Waals surface area contributed by atoms with E-state index in [-0.39, 0.29) is 11.9 Å². The summed E-state index contributed by atoms with van der Waals surface area (Å²) in [5.74, 6) is 1.65. The molecule has 7 heteroatoms. The van der Waals surface area contributed by atoms with Crippen molar-refractivity contribution in [1.82, 2.24) is 20.2 Å². The van der Waals surface area contributed by atoms with Crippen LogP contribution in [0.5, 0.6) is 5.75 Å². The number of rotatable bonds is 1. The van der Waals surface area contributed by atoms with Crippen molar-refractivity contribution in [3.05, 3.63) is 24.0 Å².